The number of hydrogen-bond acceptors (Lipinski definition) is 1. The second kappa shape index (κ2) is 3.91. The van der Waals surface area contributed by atoms with Crippen LogP contribution in [0.25, 0.3) is 0 Å². The highest BCUT2D eigenvalue weighted by Gasteiger charge is 2.68. The smallest absolute Gasteiger partial charge is 0.150 e. The maximum Gasteiger partial charge on any atom is 0.150 e. The van der Waals surface area contributed by atoms with Gasteiger partial charge in [-0.2, -0.15) is 0 Å². The Labute approximate surface area is 128 Å². The first-order valence-electron chi connectivity index (χ1n) is 8.68. The molecule has 0 saturated heterocycles. The van der Waals surface area contributed by atoms with Gasteiger partial charge in [0.25, 0.3) is 0 Å². The Bertz CT molecular complexity index is 579. The summed E-state index contributed by atoms with van der Waals surface area (Å²) in [5, 5.41) is 0. The maximum atomic E-state index is 13.6. The number of carbonyl (C=O) groups is 1. The number of carbonyl (C=O) groups excluding carboxylic acids is 1. The zero-order valence-corrected chi connectivity index (χ0v) is 14.1. The quantitative estimate of drug-likeness (QED) is 0.585. The fourth-order valence-corrected chi connectivity index (χ4v) is 6.36. The van der Waals surface area contributed by atoms with Crippen molar-refractivity contribution in [2.24, 2.45) is 40.4 Å². The van der Waals surface area contributed by atoms with Crippen LogP contribution < -0.4 is 0 Å². The second-order valence-electron chi connectivity index (χ2n) is 9.02. The van der Waals surface area contributed by atoms with Crippen molar-refractivity contribution in [1.29, 1.82) is 0 Å². The van der Waals surface area contributed by atoms with Crippen molar-refractivity contribution >= 4 is 5.78 Å². The van der Waals surface area contributed by atoms with E-state index >= 15 is 0 Å². The van der Waals surface area contributed by atoms with Crippen LogP contribution in [0.15, 0.2) is 23.3 Å². The maximum absolute atomic E-state index is 13.6. The fraction of sp³-hybridized carbons (Fsp3) is 0.750. The van der Waals surface area contributed by atoms with Gasteiger partial charge in [0.2, 0.25) is 0 Å². The molecule has 0 aromatic carbocycles. The molecule has 4 rings (SSSR count). The van der Waals surface area contributed by atoms with Crippen LogP contribution in [0.1, 0.15) is 53.9 Å². The van der Waals surface area contributed by atoms with Gasteiger partial charge in [0, 0.05) is 5.92 Å². The Morgan fingerprint density at radius 2 is 1.81 bits per heavy atom. The summed E-state index contributed by atoms with van der Waals surface area (Å²) in [7, 11) is 0. The molecule has 0 aliphatic heterocycles. The largest absolute Gasteiger partial charge is 0.298 e. The van der Waals surface area contributed by atoms with E-state index in [9.17, 15) is 4.79 Å². The summed E-state index contributed by atoms with van der Waals surface area (Å²) < 4.78 is 0. The third-order valence-electron chi connectivity index (χ3n) is 7.44. The van der Waals surface area contributed by atoms with E-state index < -0.39 is 0 Å². The molecule has 21 heavy (non-hydrogen) atoms. The predicted octanol–water partition coefficient (Wildman–Crippen LogP) is 4.79. The monoisotopic (exact) mass is 284 g/mol. The van der Waals surface area contributed by atoms with Crippen LogP contribution in [0, 0.1) is 40.4 Å². The van der Waals surface area contributed by atoms with Crippen molar-refractivity contribution in [2.45, 2.75) is 53.9 Å². The summed E-state index contributed by atoms with van der Waals surface area (Å²) in [6.45, 7) is 11.6. The first-order valence-corrected chi connectivity index (χ1v) is 8.68. The number of ketones is 1. The molecule has 0 aromatic heterocycles. The molecule has 2 fully saturated rings. The number of rotatable bonds is 0. The Balaban J connectivity index is 1.89. The van der Waals surface area contributed by atoms with E-state index in [4.69, 9.17) is 0 Å². The van der Waals surface area contributed by atoms with Crippen LogP contribution in [0.2, 0.25) is 0 Å². The van der Waals surface area contributed by atoms with Gasteiger partial charge < -0.3 is 0 Å². The summed E-state index contributed by atoms with van der Waals surface area (Å²) >= 11 is 0. The standard InChI is InChI=1S/C20H28O/c1-11-6-14-7-12(2)10-20(14)13(3)9-16-17(19(16,4)5)15(8-11)18(20)21/h8,10,13-17H,6-7,9H2,1-5H3. The van der Waals surface area contributed by atoms with Gasteiger partial charge in [-0.05, 0) is 62.2 Å². The molecular formula is C20H28O. The molecule has 6 atom stereocenters. The van der Waals surface area contributed by atoms with Gasteiger partial charge >= 0.3 is 0 Å². The lowest BCUT2D eigenvalue weighted by Crippen LogP contribution is -2.42. The summed E-state index contributed by atoms with van der Waals surface area (Å²) in [6.07, 6.45) is 8.25. The Hall–Kier alpha value is -0.850. The molecule has 2 saturated carbocycles. The van der Waals surface area contributed by atoms with Crippen LogP contribution in [-0.2, 0) is 4.79 Å². The van der Waals surface area contributed by atoms with Crippen LogP contribution in [0.5, 0.6) is 0 Å². The molecule has 1 nitrogen and oxygen atoms in total. The first kappa shape index (κ1) is 13.8. The van der Waals surface area contributed by atoms with E-state index in [-0.39, 0.29) is 11.3 Å². The molecule has 2 bridgehead atoms. The molecule has 114 valence electrons. The van der Waals surface area contributed by atoms with Gasteiger partial charge in [0.05, 0.1) is 5.41 Å². The average molecular weight is 284 g/mol. The molecule has 0 heterocycles. The van der Waals surface area contributed by atoms with E-state index in [2.05, 4.69) is 46.8 Å². The molecule has 0 radical (unpaired) electrons. The molecular weight excluding hydrogens is 256 g/mol. The van der Waals surface area contributed by atoms with E-state index in [1.54, 1.807) is 0 Å². The van der Waals surface area contributed by atoms with Gasteiger partial charge in [-0.1, -0.05) is 44.1 Å². The van der Waals surface area contributed by atoms with Gasteiger partial charge in [0.15, 0.2) is 0 Å². The summed E-state index contributed by atoms with van der Waals surface area (Å²) in [5.41, 5.74) is 3.12. The number of fused-ring (bicyclic) bond motifs is 3. The van der Waals surface area contributed by atoms with E-state index in [1.807, 2.05) is 0 Å². The zero-order chi connectivity index (χ0) is 15.2. The first-order chi connectivity index (χ1) is 9.78. The van der Waals surface area contributed by atoms with Crippen LogP contribution in [0.3, 0.4) is 0 Å². The minimum Gasteiger partial charge on any atom is -0.298 e. The van der Waals surface area contributed by atoms with Gasteiger partial charge in [0.1, 0.15) is 5.78 Å². The van der Waals surface area contributed by atoms with Crippen molar-refractivity contribution in [2.75, 3.05) is 0 Å². The molecule has 0 N–H and O–H groups in total. The van der Waals surface area contributed by atoms with E-state index in [1.165, 1.54) is 17.6 Å². The SMILES string of the molecule is CC1=CC2C(=O)C3(C=C(C)CC3C1)C(C)CC1C2C1(C)C. The van der Waals surface area contributed by atoms with Crippen LogP contribution in [0.4, 0.5) is 0 Å². The van der Waals surface area contributed by atoms with Crippen molar-refractivity contribution < 1.29 is 4.79 Å². The minimum atomic E-state index is -0.146. The lowest BCUT2D eigenvalue weighted by Gasteiger charge is -2.39. The Morgan fingerprint density at radius 3 is 2.52 bits per heavy atom. The highest BCUT2D eigenvalue weighted by Crippen LogP contribution is 2.70. The third kappa shape index (κ3) is 1.56. The lowest BCUT2D eigenvalue weighted by atomic mass is 9.63. The Morgan fingerprint density at radius 1 is 1.14 bits per heavy atom. The average Bonchev–Trinajstić information content (AvgIpc) is 2.80. The highest BCUT2D eigenvalue weighted by molar-refractivity contribution is 5.93. The second-order valence-corrected chi connectivity index (χ2v) is 9.02. The molecule has 6 unspecified atom stereocenters. The van der Waals surface area contributed by atoms with Crippen molar-refractivity contribution in [1.82, 2.24) is 0 Å². The number of allylic oxidation sites excluding steroid dienone is 4. The summed E-state index contributed by atoms with van der Waals surface area (Å²) in [5.74, 6) is 3.12. The molecule has 4 aliphatic rings. The fourth-order valence-electron chi connectivity index (χ4n) is 6.36. The summed E-state index contributed by atoms with van der Waals surface area (Å²) in [6, 6.07) is 0. The van der Waals surface area contributed by atoms with E-state index in [0.29, 0.717) is 29.0 Å². The summed E-state index contributed by atoms with van der Waals surface area (Å²) in [4.78, 5) is 13.6. The molecule has 0 amide bonds. The molecule has 4 aliphatic carbocycles. The number of hydrogen-bond donors (Lipinski definition) is 0. The minimum absolute atomic E-state index is 0.146. The van der Waals surface area contributed by atoms with Gasteiger partial charge in [-0.3, -0.25) is 4.79 Å². The normalized spacial score (nSPS) is 50.3. The van der Waals surface area contributed by atoms with Gasteiger partial charge in [-0.15, -0.1) is 0 Å². The highest BCUT2D eigenvalue weighted by atomic mass is 16.1. The third-order valence-corrected chi connectivity index (χ3v) is 7.44. The predicted molar refractivity (Wildman–Crippen MR) is 85.7 cm³/mol. The molecule has 0 aromatic rings. The molecule has 1 spiro atoms. The van der Waals surface area contributed by atoms with Gasteiger partial charge in [-0.25, -0.2) is 0 Å². The molecule has 1 heteroatoms. The van der Waals surface area contributed by atoms with E-state index in [0.717, 1.165) is 18.8 Å². The number of Topliss-reactive ketones (excluding diaryl/α,β-unsaturated/α-hetero) is 1. The van der Waals surface area contributed by atoms with Crippen molar-refractivity contribution in [3.8, 4) is 0 Å². The van der Waals surface area contributed by atoms with Crippen molar-refractivity contribution in [3.63, 3.8) is 0 Å². The zero-order valence-electron chi connectivity index (χ0n) is 14.1. The topological polar surface area (TPSA) is 17.1 Å². The lowest BCUT2D eigenvalue weighted by molar-refractivity contribution is -0.133. The van der Waals surface area contributed by atoms with Crippen LogP contribution >= 0.6 is 0 Å². The van der Waals surface area contributed by atoms with Crippen molar-refractivity contribution in [3.05, 3.63) is 23.3 Å². The Kier molecular flexibility index (Phi) is 2.57. The van der Waals surface area contributed by atoms with Crippen LogP contribution in [-0.4, -0.2) is 5.78 Å².